The molecule has 2 aromatic carbocycles. The number of rotatable bonds is 4. The Morgan fingerprint density at radius 3 is 2.27 bits per heavy atom. The molecule has 0 saturated heterocycles. The zero-order valence-electron chi connectivity index (χ0n) is 11.6. The molecule has 0 aliphatic heterocycles. The van der Waals surface area contributed by atoms with E-state index in [4.69, 9.17) is 11.6 Å². The van der Waals surface area contributed by atoms with Crippen molar-refractivity contribution >= 4 is 29.6 Å². The lowest BCUT2D eigenvalue weighted by Gasteiger charge is -2.07. The highest BCUT2D eigenvalue weighted by Gasteiger charge is 2.08. The number of carbonyl (C=O) groups is 1. The summed E-state index contributed by atoms with van der Waals surface area (Å²) >= 11 is 7.47. The second-order valence-corrected chi connectivity index (χ2v) is 6.17. The number of hydrogen-bond acceptors (Lipinski definition) is 3. The maximum atomic E-state index is 11.2. The molecular weight excluding hydrogens is 314 g/mol. The van der Waals surface area contributed by atoms with Gasteiger partial charge in [-0.05, 0) is 23.3 Å². The van der Waals surface area contributed by atoms with E-state index in [0.29, 0.717) is 10.6 Å². The first kappa shape index (κ1) is 14.8. The number of hydrogen-bond donors (Lipinski definition) is 0. The lowest BCUT2D eigenvalue weighted by atomic mass is 10.1. The quantitative estimate of drug-likeness (QED) is 0.604. The van der Waals surface area contributed by atoms with Gasteiger partial charge in [0.2, 0.25) is 0 Å². The Morgan fingerprint density at radius 2 is 1.59 bits per heavy atom. The maximum Gasteiger partial charge on any atom is 0.152 e. The third kappa shape index (κ3) is 3.21. The number of aromatic nitrogens is 1. The fourth-order valence-electron chi connectivity index (χ4n) is 2.10. The first-order valence-corrected chi connectivity index (χ1v) is 7.89. The van der Waals surface area contributed by atoms with Gasteiger partial charge in [-0.1, -0.05) is 65.8 Å². The standard InChI is InChI=1S/C18H12ClNOS/c19-17-10-20-11-18(16(17)12-21)22-15-8-6-14(7-9-15)13-4-2-1-3-5-13/h1-12H. The second kappa shape index (κ2) is 6.77. The summed E-state index contributed by atoms with van der Waals surface area (Å²) in [6.07, 6.45) is 3.91. The molecule has 0 amide bonds. The summed E-state index contributed by atoms with van der Waals surface area (Å²) < 4.78 is 0. The third-order valence-corrected chi connectivity index (χ3v) is 4.56. The Morgan fingerprint density at radius 1 is 0.909 bits per heavy atom. The molecule has 0 spiro atoms. The van der Waals surface area contributed by atoms with E-state index in [9.17, 15) is 4.79 Å². The normalized spacial score (nSPS) is 10.4. The Kier molecular flexibility index (Phi) is 4.56. The van der Waals surface area contributed by atoms with Crippen LogP contribution in [0.1, 0.15) is 10.4 Å². The molecule has 0 saturated carbocycles. The highest BCUT2D eigenvalue weighted by atomic mass is 35.5. The van der Waals surface area contributed by atoms with Crippen molar-refractivity contribution in [3.05, 3.63) is 77.6 Å². The summed E-state index contributed by atoms with van der Waals surface area (Å²) in [5, 5.41) is 0.376. The molecule has 3 rings (SSSR count). The van der Waals surface area contributed by atoms with Crippen molar-refractivity contribution in [2.24, 2.45) is 0 Å². The molecule has 0 N–H and O–H groups in total. The molecule has 0 radical (unpaired) electrons. The molecule has 3 aromatic rings. The molecule has 0 atom stereocenters. The molecule has 0 aliphatic carbocycles. The van der Waals surface area contributed by atoms with Crippen LogP contribution in [-0.2, 0) is 0 Å². The fraction of sp³-hybridized carbons (Fsp3) is 0. The van der Waals surface area contributed by atoms with Crippen LogP contribution in [0.25, 0.3) is 11.1 Å². The molecule has 1 aromatic heterocycles. The summed E-state index contributed by atoms with van der Waals surface area (Å²) in [6, 6.07) is 18.4. The van der Waals surface area contributed by atoms with Crippen LogP contribution in [-0.4, -0.2) is 11.3 Å². The molecule has 0 bridgehead atoms. The van der Waals surface area contributed by atoms with Gasteiger partial charge in [0, 0.05) is 27.7 Å². The zero-order valence-corrected chi connectivity index (χ0v) is 13.1. The van der Waals surface area contributed by atoms with Crippen LogP contribution in [0.2, 0.25) is 5.02 Å². The van der Waals surface area contributed by atoms with Gasteiger partial charge >= 0.3 is 0 Å². The van der Waals surface area contributed by atoms with Crippen molar-refractivity contribution in [3.63, 3.8) is 0 Å². The van der Waals surface area contributed by atoms with Crippen molar-refractivity contribution in [2.75, 3.05) is 0 Å². The van der Waals surface area contributed by atoms with E-state index >= 15 is 0 Å². The monoisotopic (exact) mass is 325 g/mol. The van der Waals surface area contributed by atoms with E-state index in [0.717, 1.165) is 21.6 Å². The van der Waals surface area contributed by atoms with E-state index in [2.05, 4.69) is 29.2 Å². The number of pyridine rings is 1. The predicted octanol–water partition coefficient (Wildman–Crippen LogP) is 5.37. The number of carbonyl (C=O) groups excluding carboxylic acids is 1. The first-order valence-electron chi connectivity index (χ1n) is 6.70. The Labute approximate surface area is 138 Å². The summed E-state index contributed by atoms with van der Waals surface area (Å²) in [6.45, 7) is 0. The van der Waals surface area contributed by atoms with E-state index in [-0.39, 0.29) is 0 Å². The van der Waals surface area contributed by atoms with Crippen LogP contribution < -0.4 is 0 Å². The van der Waals surface area contributed by atoms with Gasteiger partial charge in [-0.3, -0.25) is 9.78 Å². The fourth-order valence-corrected chi connectivity index (χ4v) is 3.26. The van der Waals surface area contributed by atoms with Crippen LogP contribution in [0.4, 0.5) is 0 Å². The first-order chi connectivity index (χ1) is 10.8. The van der Waals surface area contributed by atoms with Crippen LogP contribution >= 0.6 is 23.4 Å². The number of aldehydes is 1. The molecule has 4 heteroatoms. The zero-order chi connectivity index (χ0) is 15.4. The van der Waals surface area contributed by atoms with Crippen molar-refractivity contribution in [1.82, 2.24) is 4.98 Å². The summed E-state index contributed by atoms with van der Waals surface area (Å²) in [7, 11) is 0. The van der Waals surface area contributed by atoms with Gasteiger partial charge in [-0.15, -0.1) is 0 Å². The van der Waals surface area contributed by atoms with E-state index in [1.54, 1.807) is 6.20 Å². The molecule has 108 valence electrons. The number of nitrogens with zero attached hydrogens (tertiary/aromatic N) is 1. The van der Waals surface area contributed by atoms with Crippen LogP contribution in [0.15, 0.2) is 76.8 Å². The molecule has 0 fully saturated rings. The molecule has 0 aliphatic rings. The largest absolute Gasteiger partial charge is 0.298 e. The smallest absolute Gasteiger partial charge is 0.152 e. The Balaban J connectivity index is 1.86. The Hall–Kier alpha value is -2.10. The summed E-state index contributed by atoms with van der Waals surface area (Å²) in [4.78, 5) is 17.0. The van der Waals surface area contributed by atoms with Gasteiger partial charge in [-0.2, -0.15) is 0 Å². The van der Waals surface area contributed by atoms with Crippen molar-refractivity contribution in [1.29, 1.82) is 0 Å². The Bertz CT molecular complexity index is 788. The van der Waals surface area contributed by atoms with Crippen molar-refractivity contribution in [3.8, 4) is 11.1 Å². The molecule has 2 nitrogen and oxygen atoms in total. The molecule has 22 heavy (non-hydrogen) atoms. The van der Waals surface area contributed by atoms with Crippen LogP contribution in [0, 0.1) is 0 Å². The summed E-state index contributed by atoms with van der Waals surface area (Å²) in [5.74, 6) is 0. The second-order valence-electron chi connectivity index (χ2n) is 4.64. The average Bonchev–Trinajstić information content (AvgIpc) is 2.57. The number of halogens is 1. The summed E-state index contributed by atoms with van der Waals surface area (Å²) in [5.41, 5.74) is 2.82. The van der Waals surface area contributed by atoms with E-state index in [1.165, 1.54) is 23.5 Å². The van der Waals surface area contributed by atoms with Gasteiger partial charge in [0.25, 0.3) is 0 Å². The lowest BCUT2D eigenvalue weighted by molar-refractivity contribution is 0.112. The minimum Gasteiger partial charge on any atom is -0.298 e. The molecule has 0 unspecified atom stereocenters. The van der Waals surface area contributed by atoms with Crippen molar-refractivity contribution < 1.29 is 4.79 Å². The molecule has 1 heterocycles. The SMILES string of the molecule is O=Cc1c(Cl)cncc1Sc1ccc(-c2ccccc2)cc1. The lowest BCUT2D eigenvalue weighted by Crippen LogP contribution is -1.89. The topological polar surface area (TPSA) is 30.0 Å². The molecular formula is C18H12ClNOS. The highest BCUT2D eigenvalue weighted by Crippen LogP contribution is 2.33. The minimum absolute atomic E-state index is 0.376. The van der Waals surface area contributed by atoms with Gasteiger partial charge < -0.3 is 0 Å². The van der Waals surface area contributed by atoms with Gasteiger partial charge in [0.1, 0.15) is 0 Å². The van der Waals surface area contributed by atoms with Crippen LogP contribution in [0.5, 0.6) is 0 Å². The van der Waals surface area contributed by atoms with E-state index < -0.39 is 0 Å². The minimum atomic E-state index is 0.376. The van der Waals surface area contributed by atoms with Crippen molar-refractivity contribution in [2.45, 2.75) is 9.79 Å². The third-order valence-electron chi connectivity index (χ3n) is 3.21. The highest BCUT2D eigenvalue weighted by molar-refractivity contribution is 7.99. The number of benzene rings is 2. The predicted molar refractivity (Wildman–Crippen MR) is 90.6 cm³/mol. The van der Waals surface area contributed by atoms with Gasteiger partial charge in [-0.25, -0.2) is 0 Å². The van der Waals surface area contributed by atoms with Crippen LogP contribution in [0.3, 0.4) is 0 Å². The maximum absolute atomic E-state index is 11.2. The average molecular weight is 326 g/mol. The van der Waals surface area contributed by atoms with E-state index in [1.807, 2.05) is 30.3 Å². The van der Waals surface area contributed by atoms with Gasteiger partial charge in [0.05, 0.1) is 5.02 Å². The van der Waals surface area contributed by atoms with Gasteiger partial charge in [0.15, 0.2) is 6.29 Å².